The van der Waals surface area contributed by atoms with Gasteiger partial charge in [-0.05, 0) is 44.6 Å². The van der Waals surface area contributed by atoms with Crippen molar-refractivity contribution in [1.82, 2.24) is 4.90 Å². The average Bonchev–Trinajstić information content (AvgIpc) is 2.87. The van der Waals surface area contributed by atoms with Gasteiger partial charge in [-0.3, -0.25) is 0 Å². The van der Waals surface area contributed by atoms with E-state index in [2.05, 4.69) is 25.7 Å². The molecular weight excluding hydrogens is 186 g/mol. The first-order valence-corrected chi connectivity index (χ1v) is 6.40. The van der Waals surface area contributed by atoms with Crippen molar-refractivity contribution in [2.45, 2.75) is 52.6 Å². The first-order valence-electron chi connectivity index (χ1n) is 6.40. The van der Waals surface area contributed by atoms with Gasteiger partial charge in [-0.25, -0.2) is 0 Å². The Kier molecular flexibility index (Phi) is 4.60. The third-order valence-electron chi connectivity index (χ3n) is 3.54. The zero-order valence-electron chi connectivity index (χ0n) is 10.8. The highest BCUT2D eigenvalue weighted by Crippen LogP contribution is 2.30. The van der Waals surface area contributed by atoms with E-state index in [-0.39, 0.29) is 0 Å². The van der Waals surface area contributed by atoms with Crippen LogP contribution in [0.4, 0.5) is 0 Å². The summed E-state index contributed by atoms with van der Waals surface area (Å²) in [6, 6.07) is 0. The van der Waals surface area contributed by atoms with Crippen molar-refractivity contribution >= 4 is 0 Å². The minimum absolute atomic E-state index is 0.330. The van der Waals surface area contributed by atoms with Gasteiger partial charge in [-0.2, -0.15) is 0 Å². The van der Waals surface area contributed by atoms with E-state index in [0.717, 1.165) is 19.0 Å². The van der Waals surface area contributed by atoms with Crippen LogP contribution >= 0.6 is 0 Å². The molecule has 90 valence electrons. The van der Waals surface area contributed by atoms with Gasteiger partial charge >= 0.3 is 0 Å². The molecule has 1 fully saturated rings. The highest BCUT2D eigenvalue weighted by atomic mass is 16.3. The Morgan fingerprint density at radius 2 is 2.00 bits per heavy atom. The highest BCUT2D eigenvalue weighted by Gasteiger charge is 2.30. The van der Waals surface area contributed by atoms with Crippen LogP contribution in [0.2, 0.25) is 0 Å². The number of aliphatic hydroxyl groups is 1. The normalized spacial score (nSPS) is 21.0. The number of nitrogens with zero attached hydrogens (tertiary/aromatic N) is 1. The van der Waals surface area contributed by atoms with Crippen LogP contribution in [0.5, 0.6) is 0 Å². The molecule has 0 heterocycles. The van der Waals surface area contributed by atoms with Gasteiger partial charge in [0.25, 0.3) is 0 Å². The lowest BCUT2D eigenvalue weighted by molar-refractivity contribution is -0.0197. The van der Waals surface area contributed by atoms with Crippen molar-refractivity contribution in [1.29, 1.82) is 0 Å². The Bertz CT molecular complexity index is 185. The van der Waals surface area contributed by atoms with Crippen molar-refractivity contribution in [3.05, 3.63) is 0 Å². The average molecular weight is 213 g/mol. The van der Waals surface area contributed by atoms with E-state index in [9.17, 15) is 5.11 Å². The minimum atomic E-state index is -0.538. The highest BCUT2D eigenvalue weighted by molar-refractivity contribution is 4.84. The molecule has 2 nitrogen and oxygen atoms in total. The molecule has 0 aromatic heterocycles. The van der Waals surface area contributed by atoms with E-state index in [0.29, 0.717) is 5.92 Å². The maximum atomic E-state index is 10.3. The monoisotopic (exact) mass is 213 g/mol. The number of rotatable bonds is 7. The molecule has 0 radical (unpaired) electrons. The molecule has 0 aromatic rings. The summed E-state index contributed by atoms with van der Waals surface area (Å²) in [4.78, 5) is 2.44. The Labute approximate surface area is 94.7 Å². The van der Waals surface area contributed by atoms with Gasteiger partial charge in [-0.1, -0.05) is 20.8 Å². The first-order chi connectivity index (χ1) is 6.95. The van der Waals surface area contributed by atoms with Crippen molar-refractivity contribution in [2.75, 3.05) is 19.6 Å². The number of hydrogen-bond donors (Lipinski definition) is 1. The predicted molar refractivity (Wildman–Crippen MR) is 64.9 cm³/mol. The Morgan fingerprint density at radius 3 is 2.40 bits per heavy atom. The van der Waals surface area contributed by atoms with E-state index in [1.807, 2.05) is 6.92 Å². The smallest absolute Gasteiger partial charge is 0.0768 e. The summed E-state index contributed by atoms with van der Waals surface area (Å²) in [5, 5.41) is 10.3. The van der Waals surface area contributed by atoms with Crippen molar-refractivity contribution in [3.63, 3.8) is 0 Å². The van der Waals surface area contributed by atoms with E-state index < -0.39 is 5.60 Å². The predicted octanol–water partition coefficient (Wildman–Crippen LogP) is 2.52. The summed E-state index contributed by atoms with van der Waals surface area (Å²) in [5.41, 5.74) is -0.538. The quantitative estimate of drug-likeness (QED) is 0.702. The second kappa shape index (κ2) is 5.31. The minimum Gasteiger partial charge on any atom is -0.389 e. The molecule has 2 heteroatoms. The van der Waals surface area contributed by atoms with Gasteiger partial charge < -0.3 is 10.0 Å². The third-order valence-corrected chi connectivity index (χ3v) is 3.54. The Morgan fingerprint density at radius 1 is 1.40 bits per heavy atom. The van der Waals surface area contributed by atoms with Gasteiger partial charge in [-0.15, -0.1) is 0 Å². The van der Waals surface area contributed by atoms with Gasteiger partial charge in [0.2, 0.25) is 0 Å². The molecule has 0 aliphatic heterocycles. The summed E-state index contributed by atoms with van der Waals surface area (Å²) >= 11 is 0. The molecular formula is C13H27NO. The van der Waals surface area contributed by atoms with Gasteiger partial charge in [0.15, 0.2) is 0 Å². The third kappa shape index (κ3) is 4.52. The van der Waals surface area contributed by atoms with E-state index >= 15 is 0 Å². The maximum Gasteiger partial charge on any atom is 0.0768 e. The van der Waals surface area contributed by atoms with Crippen LogP contribution in [0.15, 0.2) is 0 Å². The molecule has 15 heavy (non-hydrogen) atoms. The lowest BCUT2D eigenvalue weighted by Gasteiger charge is -2.34. The fourth-order valence-corrected chi connectivity index (χ4v) is 1.85. The zero-order valence-corrected chi connectivity index (χ0v) is 10.8. The second-order valence-corrected chi connectivity index (χ2v) is 5.69. The van der Waals surface area contributed by atoms with E-state index in [1.165, 1.54) is 25.8 Å². The van der Waals surface area contributed by atoms with Crippen LogP contribution in [-0.4, -0.2) is 35.2 Å². The van der Waals surface area contributed by atoms with Crippen molar-refractivity contribution in [2.24, 2.45) is 11.8 Å². The molecule has 1 saturated carbocycles. The van der Waals surface area contributed by atoms with Crippen LogP contribution in [0.25, 0.3) is 0 Å². The molecule has 1 N–H and O–H groups in total. The first kappa shape index (κ1) is 13.0. The second-order valence-electron chi connectivity index (χ2n) is 5.69. The SMILES string of the molecule is CCCN(CC1CC1)CC(C)(O)C(C)C. The van der Waals surface area contributed by atoms with Gasteiger partial charge in [0, 0.05) is 13.1 Å². The molecule has 1 aliphatic carbocycles. The van der Waals surface area contributed by atoms with Crippen molar-refractivity contribution < 1.29 is 5.11 Å². The Hall–Kier alpha value is -0.0800. The molecule has 0 aromatic carbocycles. The largest absolute Gasteiger partial charge is 0.389 e. The van der Waals surface area contributed by atoms with Crippen LogP contribution < -0.4 is 0 Å². The fraction of sp³-hybridized carbons (Fsp3) is 1.00. The van der Waals surface area contributed by atoms with Crippen molar-refractivity contribution in [3.8, 4) is 0 Å². The van der Waals surface area contributed by atoms with Crippen LogP contribution in [0, 0.1) is 11.8 Å². The summed E-state index contributed by atoms with van der Waals surface area (Å²) < 4.78 is 0. The maximum absolute atomic E-state index is 10.3. The van der Waals surface area contributed by atoms with Crippen LogP contribution in [-0.2, 0) is 0 Å². The summed E-state index contributed by atoms with van der Waals surface area (Å²) in [6.45, 7) is 11.5. The number of hydrogen-bond acceptors (Lipinski definition) is 2. The van der Waals surface area contributed by atoms with Gasteiger partial charge in [0.05, 0.1) is 5.60 Å². The van der Waals surface area contributed by atoms with E-state index in [1.54, 1.807) is 0 Å². The standard InChI is InChI=1S/C13H27NO/c1-5-8-14(9-12-6-7-12)10-13(4,15)11(2)3/h11-12,15H,5-10H2,1-4H3. The fourth-order valence-electron chi connectivity index (χ4n) is 1.85. The summed E-state index contributed by atoms with van der Waals surface area (Å²) in [5.74, 6) is 1.25. The molecule has 0 bridgehead atoms. The molecule has 0 spiro atoms. The lowest BCUT2D eigenvalue weighted by Crippen LogP contribution is -2.45. The van der Waals surface area contributed by atoms with Gasteiger partial charge in [0.1, 0.15) is 0 Å². The van der Waals surface area contributed by atoms with Crippen LogP contribution in [0.3, 0.4) is 0 Å². The molecule has 1 rings (SSSR count). The molecule has 1 atom stereocenters. The molecule has 1 aliphatic rings. The molecule has 0 amide bonds. The molecule has 0 saturated heterocycles. The molecule has 1 unspecified atom stereocenters. The summed E-state index contributed by atoms with van der Waals surface area (Å²) in [7, 11) is 0. The topological polar surface area (TPSA) is 23.5 Å². The zero-order chi connectivity index (χ0) is 11.5. The van der Waals surface area contributed by atoms with E-state index in [4.69, 9.17) is 0 Å². The van der Waals surface area contributed by atoms with Crippen LogP contribution in [0.1, 0.15) is 47.0 Å². The summed E-state index contributed by atoms with van der Waals surface area (Å²) in [6.07, 6.45) is 3.97. The lowest BCUT2D eigenvalue weighted by atomic mass is 9.92. The Balaban J connectivity index is 2.40.